The molecule has 2 aromatic rings. The number of carbonyl (C=O) groups excluding carboxylic acids is 1. The maximum Gasteiger partial charge on any atom is 0.315 e. The van der Waals surface area contributed by atoms with Gasteiger partial charge in [0, 0.05) is 18.7 Å². The van der Waals surface area contributed by atoms with Crippen LogP contribution in [0.5, 0.6) is 0 Å². The number of carboxylic acid groups (broad SMARTS) is 1. The van der Waals surface area contributed by atoms with E-state index in [4.69, 9.17) is 0 Å². The Bertz CT molecular complexity index is 911. The molecule has 7 nitrogen and oxygen atoms in total. The molecule has 0 saturated carbocycles. The van der Waals surface area contributed by atoms with Crippen molar-refractivity contribution in [2.75, 3.05) is 13.1 Å². The molecule has 1 atom stereocenters. The lowest BCUT2D eigenvalue weighted by molar-refractivity contribution is -0.142. The van der Waals surface area contributed by atoms with E-state index in [2.05, 4.69) is 10.0 Å². The second kappa shape index (κ2) is 8.32. The third kappa shape index (κ3) is 4.72. The number of rotatable bonds is 8. The van der Waals surface area contributed by atoms with Crippen LogP contribution in [0.2, 0.25) is 0 Å². The minimum atomic E-state index is -3.60. The van der Waals surface area contributed by atoms with E-state index in [0.29, 0.717) is 5.56 Å². The lowest BCUT2D eigenvalue weighted by atomic mass is 9.82. The molecule has 0 aliphatic rings. The summed E-state index contributed by atoms with van der Waals surface area (Å²) < 4.78 is 26.2. The van der Waals surface area contributed by atoms with Gasteiger partial charge in [0.1, 0.15) is 5.41 Å². The van der Waals surface area contributed by atoms with Crippen LogP contribution >= 0.6 is 0 Å². The summed E-state index contributed by atoms with van der Waals surface area (Å²) in [6.45, 7) is 3.36. The zero-order chi connectivity index (χ0) is 20.1. The van der Waals surface area contributed by atoms with Gasteiger partial charge >= 0.3 is 5.97 Å². The molecule has 0 aromatic heterocycles. The van der Waals surface area contributed by atoms with Gasteiger partial charge in [0.05, 0.1) is 4.90 Å². The predicted molar refractivity (Wildman–Crippen MR) is 101 cm³/mol. The van der Waals surface area contributed by atoms with Crippen LogP contribution in [0.3, 0.4) is 0 Å². The van der Waals surface area contributed by atoms with Gasteiger partial charge in [-0.05, 0) is 36.8 Å². The number of aliphatic carboxylic acids is 1. The Morgan fingerprint density at radius 2 is 1.63 bits per heavy atom. The van der Waals surface area contributed by atoms with Crippen LogP contribution in [-0.4, -0.2) is 38.5 Å². The SMILES string of the molecule is CCNS(=O)(=O)c1ccc(C(=O)NCC(C)(C(=O)O)c2ccccc2)cc1. The molecule has 144 valence electrons. The number of carboxylic acids is 1. The number of hydrogen-bond acceptors (Lipinski definition) is 4. The fourth-order valence-electron chi connectivity index (χ4n) is 2.53. The fourth-order valence-corrected chi connectivity index (χ4v) is 3.57. The Hall–Kier alpha value is -2.71. The minimum absolute atomic E-state index is 0.0561. The van der Waals surface area contributed by atoms with E-state index in [1.807, 2.05) is 0 Å². The van der Waals surface area contributed by atoms with Crippen LogP contribution in [0.1, 0.15) is 29.8 Å². The molecule has 0 bridgehead atoms. The average Bonchev–Trinajstić information content (AvgIpc) is 2.66. The predicted octanol–water partition coefficient (Wildman–Crippen LogP) is 1.76. The van der Waals surface area contributed by atoms with Gasteiger partial charge in [-0.3, -0.25) is 9.59 Å². The van der Waals surface area contributed by atoms with E-state index in [1.54, 1.807) is 37.3 Å². The third-order valence-corrected chi connectivity index (χ3v) is 5.81. The molecule has 1 unspecified atom stereocenters. The molecule has 0 heterocycles. The normalized spacial score (nSPS) is 13.6. The van der Waals surface area contributed by atoms with Crippen molar-refractivity contribution < 1.29 is 23.1 Å². The van der Waals surface area contributed by atoms with Gasteiger partial charge in [-0.25, -0.2) is 13.1 Å². The van der Waals surface area contributed by atoms with E-state index in [0.717, 1.165) is 0 Å². The van der Waals surface area contributed by atoms with Crippen molar-refractivity contribution >= 4 is 21.9 Å². The number of nitrogens with one attached hydrogen (secondary N) is 2. The Kier molecular flexibility index (Phi) is 6.35. The second-order valence-corrected chi connectivity index (χ2v) is 7.98. The van der Waals surface area contributed by atoms with E-state index in [1.165, 1.54) is 31.2 Å². The summed E-state index contributed by atoms with van der Waals surface area (Å²) in [6, 6.07) is 14.1. The van der Waals surface area contributed by atoms with E-state index in [-0.39, 0.29) is 23.5 Å². The molecule has 8 heteroatoms. The van der Waals surface area contributed by atoms with Crippen LogP contribution in [0.25, 0.3) is 0 Å². The molecule has 2 aromatic carbocycles. The van der Waals surface area contributed by atoms with Crippen molar-refractivity contribution in [3.8, 4) is 0 Å². The lowest BCUT2D eigenvalue weighted by Gasteiger charge is -2.25. The summed E-state index contributed by atoms with van der Waals surface area (Å²) in [5.41, 5.74) is -0.471. The lowest BCUT2D eigenvalue weighted by Crippen LogP contribution is -2.44. The van der Waals surface area contributed by atoms with Gasteiger partial charge in [-0.1, -0.05) is 37.3 Å². The summed E-state index contributed by atoms with van der Waals surface area (Å²) >= 11 is 0. The van der Waals surface area contributed by atoms with E-state index in [9.17, 15) is 23.1 Å². The molecule has 0 spiro atoms. The largest absolute Gasteiger partial charge is 0.481 e. The first kappa shape index (κ1) is 20.6. The van der Waals surface area contributed by atoms with Crippen molar-refractivity contribution in [3.63, 3.8) is 0 Å². The van der Waals surface area contributed by atoms with Crippen molar-refractivity contribution in [1.82, 2.24) is 10.0 Å². The molecular formula is C19H22N2O5S. The zero-order valence-electron chi connectivity index (χ0n) is 15.1. The molecule has 1 amide bonds. The van der Waals surface area contributed by atoms with Gasteiger partial charge in [-0.2, -0.15) is 0 Å². The van der Waals surface area contributed by atoms with Gasteiger partial charge in [-0.15, -0.1) is 0 Å². The molecule has 3 N–H and O–H groups in total. The molecular weight excluding hydrogens is 368 g/mol. The Labute approximate surface area is 158 Å². The van der Waals surface area contributed by atoms with Gasteiger partial charge < -0.3 is 10.4 Å². The van der Waals surface area contributed by atoms with Crippen LogP contribution in [0.4, 0.5) is 0 Å². The topological polar surface area (TPSA) is 113 Å². The monoisotopic (exact) mass is 390 g/mol. The maximum absolute atomic E-state index is 12.4. The van der Waals surface area contributed by atoms with Gasteiger partial charge in [0.15, 0.2) is 0 Å². The van der Waals surface area contributed by atoms with Crippen LogP contribution in [0, 0.1) is 0 Å². The third-order valence-electron chi connectivity index (χ3n) is 4.25. The molecule has 27 heavy (non-hydrogen) atoms. The highest BCUT2D eigenvalue weighted by atomic mass is 32.2. The maximum atomic E-state index is 12.4. The Balaban J connectivity index is 2.14. The highest BCUT2D eigenvalue weighted by Gasteiger charge is 2.35. The molecule has 0 saturated heterocycles. The average molecular weight is 390 g/mol. The summed E-state index contributed by atoms with van der Waals surface area (Å²) in [7, 11) is -3.60. The molecule has 0 fully saturated rings. The number of hydrogen-bond donors (Lipinski definition) is 3. The summed E-state index contributed by atoms with van der Waals surface area (Å²) in [5.74, 6) is -1.54. The van der Waals surface area contributed by atoms with Crippen molar-refractivity contribution in [2.24, 2.45) is 0 Å². The smallest absolute Gasteiger partial charge is 0.315 e. The van der Waals surface area contributed by atoms with E-state index < -0.39 is 27.3 Å². The van der Waals surface area contributed by atoms with Gasteiger partial charge in [0.25, 0.3) is 5.91 Å². The quantitative estimate of drug-likeness (QED) is 0.636. The highest BCUT2D eigenvalue weighted by Crippen LogP contribution is 2.23. The number of benzene rings is 2. The number of amides is 1. The Morgan fingerprint density at radius 3 is 2.15 bits per heavy atom. The van der Waals surface area contributed by atoms with Crippen LogP contribution in [0.15, 0.2) is 59.5 Å². The van der Waals surface area contributed by atoms with Crippen molar-refractivity contribution in [1.29, 1.82) is 0 Å². The van der Waals surface area contributed by atoms with Crippen LogP contribution in [-0.2, 0) is 20.2 Å². The molecule has 0 aliphatic heterocycles. The summed E-state index contributed by atoms with van der Waals surface area (Å²) in [6.07, 6.45) is 0. The highest BCUT2D eigenvalue weighted by molar-refractivity contribution is 7.89. The van der Waals surface area contributed by atoms with Crippen molar-refractivity contribution in [3.05, 3.63) is 65.7 Å². The first-order valence-electron chi connectivity index (χ1n) is 8.37. The molecule has 2 rings (SSSR count). The standard InChI is InChI=1S/C19H22N2O5S/c1-3-21-27(25,26)16-11-9-14(10-12-16)17(22)20-13-19(2,18(23)24)15-7-5-4-6-8-15/h4-12,21H,3,13H2,1-2H3,(H,20,22)(H,23,24). The zero-order valence-corrected chi connectivity index (χ0v) is 15.9. The minimum Gasteiger partial charge on any atom is -0.481 e. The Morgan fingerprint density at radius 1 is 1.04 bits per heavy atom. The fraction of sp³-hybridized carbons (Fsp3) is 0.263. The first-order chi connectivity index (χ1) is 12.7. The van der Waals surface area contributed by atoms with E-state index >= 15 is 0 Å². The molecule has 0 aliphatic carbocycles. The second-order valence-electron chi connectivity index (χ2n) is 6.21. The first-order valence-corrected chi connectivity index (χ1v) is 9.86. The number of carbonyl (C=O) groups is 2. The van der Waals surface area contributed by atoms with Gasteiger partial charge in [0.2, 0.25) is 10.0 Å². The number of sulfonamides is 1. The summed E-state index contributed by atoms with van der Waals surface area (Å²) in [5, 5.41) is 12.2. The molecule has 0 radical (unpaired) electrons. The summed E-state index contributed by atoms with van der Waals surface area (Å²) in [4.78, 5) is 24.2. The van der Waals surface area contributed by atoms with Crippen molar-refractivity contribution in [2.45, 2.75) is 24.2 Å². The van der Waals surface area contributed by atoms with Crippen LogP contribution < -0.4 is 10.0 Å².